The van der Waals surface area contributed by atoms with Crippen LogP contribution in [0.15, 0.2) is 46.3 Å². The van der Waals surface area contributed by atoms with E-state index in [-0.39, 0.29) is 0 Å². The van der Waals surface area contributed by atoms with Gasteiger partial charge in [-0.05, 0) is 44.4 Å². The highest BCUT2D eigenvalue weighted by atomic mass is 32.1. The van der Waals surface area contributed by atoms with Crippen molar-refractivity contribution in [1.82, 2.24) is 19.6 Å². The monoisotopic (exact) mass is 475 g/mol. The van der Waals surface area contributed by atoms with E-state index < -0.39 is 0 Å². The van der Waals surface area contributed by atoms with Crippen molar-refractivity contribution in [2.75, 3.05) is 25.1 Å². The van der Waals surface area contributed by atoms with Crippen LogP contribution in [0, 0.1) is 6.92 Å². The number of piperidine rings is 1. The molecule has 6 rings (SSSR count). The van der Waals surface area contributed by atoms with Gasteiger partial charge in [0.05, 0.1) is 30.1 Å². The number of rotatable bonds is 6. The summed E-state index contributed by atoms with van der Waals surface area (Å²) in [4.78, 5) is 11.8. The molecule has 0 aliphatic carbocycles. The van der Waals surface area contributed by atoms with Crippen LogP contribution in [0.4, 0.5) is 5.13 Å². The first-order valence-electron chi connectivity index (χ1n) is 11.4. The fourth-order valence-corrected chi connectivity index (χ4v) is 5.15. The molecule has 0 radical (unpaired) electrons. The summed E-state index contributed by atoms with van der Waals surface area (Å²) < 4.78 is 19.6. The van der Waals surface area contributed by atoms with Gasteiger partial charge in [-0.1, -0.05) is 0 Å². The Kier molecular flexibility index (Phi) is 5.33. The quantitative estimate of drug-likeness (QED) is 0.321. The number of aromatic nitrogens is 4. The van der Waals surface area contributed by atoms with E-state index in [2.05, 4.69) is 20.4 Å². The molecule has 4 aromatic heterocycles. The van der Waals surface area contributed by atoms with Crippen LogP contribution in [-0.4, -0.2) is 39.8 Å². The normalized spacial score (nSPS) is 14.2. The van der Waals surface area contributed by atoms with Gasteiger partial charge in [-0.25, -0.2) is 14.5 Å². The van der Waals surface area contributed by atoms with Gasteiger partial charge in [-0.2, -0.15) is 5.10 Å². The smallest absolute Gasteiger partial charge is 0.185 e. The number of methoxy groups -OCH3 is 1. The highest BCUT2D eigenvalue weighted by Gasteiger charge is 2.17. The SMILES string of the molecule is COc1cc(OCc2csc(N3CCCCC3)n2)c2cc(-c3cn4nc(C)ccc4n3)oc2c1. The molecule has 1 aliphatic rings. The van der Waals surface area contributed by atoms with Crippen LogP contribution in [0.3, 0.4) is 0 Å². The summed E-state index contributed by atoms with van der Waals surface area (Å²) in [5.74, 6) is 2.01. The fraction of sp³-hybridized carbons (Fsp3) is 0.320. The van der Waals surface area contributed by atoms with Crippen molar-refractivity contribution in [1.29, 1.82) is 0 Å². The van der Waals surface area contributed by atoms with Crippen LogP contribution in [-0.2, 0) is 6.61 Å². The average Bonchev–Trinajstić information content (AvgIpc) is 3.60. The van der Waals surface area contributed by atoms with E-state index in [0.29, 0.717) is 35.1 Å². The number of hydrogen-bond donors (Lipinski definition) is 0. The third-order valence-electron chi connectivity index (χ3n) is 6.06. The predicted octanol–water partition coefficient (Wildman–Crippen LogP) is 5.49. The number of aryl methyl sites for hydroxylation is 1. The Morgan fingerprint density at radius 2 is 1.97 bits per heavy atom. The van der Waals surface area contributed by atoms with Crippen LogP contribution < -0.4 is 14.4 Å². The number of furan rings is 1. The summed E-state index contributed by atoms with van der Waals surface area (Å²) in [7, 11) is 1.64. The molecular weight excluding hydrogens is 450 g/mol. The van der Waals surface area contributed by atoms with Crippen LogP contribution in [0.2, 0.25) is 0 Å². The van der Waals surface area contributed by atoms with E-state index in [1.165, 1.54) is 19.3 Å². The zero-order valence-electron chi connectivity index (χ0n) is 19.2. The third kappa shape index (κ3) is 3.96. The van der Waals surface area contributed by atoms with E-state index in [1.54, 1.807) is 23.0 Å². The number of anilines is 1. The molecule has 5 aromatic rings. The molecule has 9 heteroatoms. The number of imidazole rings is 1. The van der Waals surface area contributed by atoms with Crippen LogP contribution in [0.1, 0.15) is 30.7 Å². The number of thiazole rings is 1. The molecule has 0 N–H and O–H groups in total. The van der Waals surface area contributed by atoms with Gasteiger partial charge in [0.1, 0.15) is 29.4 Å². The van der Waals surface area contributed by atoms with Gasteiger partial charge in [0, 0.05) is 30.6 Å². The van der Waals surface area contributed by atoms with Gasteiger partial charge in [0.25, 0.3) is 0 Å². The van der Waals surface area contributed by atoms with Gasteiger partial charge in [0.2, 0.25) is 0 Å². The van der Waals surface area contributed by atoms with E-state index >= 15 is 0 Å². The highest BCUT2D eigenvalue weighted by molar-refractivity contribution is 7.13. The largest absolute Gasteiger partial charge is 0.496 e. The number of hydrogen-bond acceptors (Lipinski definition) is 8. The van der Waals surface area contributed by atoms with Gasteiger partial charge < -0.3 is 18.8 Å². The Hall–Kier alpha value is -3.59. The molecule has 34 heavy (non-hydrogen) atoms. The highest BCUT2D eigenvalue weighted by Crippen LogP contribution is 2.37. The number of ether oxygens (including phenoxy) is 2. The van der Waals surface area contributed by atoms with E-state index in [4.69, 9.17) is 18.9 Å². The minimum atomic E-state index is 0.380. The molecule has 0 unspecified atom stereocenters. The summed E-state index contributed by atoms with van der Waals surface area (Å²) in [5, 5.41) is 8.50. The van der Waals surface area contributed by atoms with Gasteiger partial charge >= 0.3 is 0 Å². The Labute approximate surface area is 200 Å². The van der Waals surface area contributed by atoms with Crippen molar-refractivity contribution in [3.8, 4) is 23.0 Å². The van der Waals surface area contributed by atoms with Crippen molar-refractivity contribution in [2.24, 2.45) is 0 Å². The second-order valence-corrected chi connectivity index (χ2v) is 9.35. The molecule has 5 heterocycles. The lowest BCUT2D eigenvalue weighted by molar-refractivity contribution is 0.303. The first-order valence-corrected chi connectivity index (χ1v) is 12.3. The maximum Gasteiger partial charge on any atom is 0.185 e. The Balaban J connectivity index is 1.29. The van der Waals surface area contributed by atoms with E-state index in [9.17, 15) is 0 Å². The number of nitrogens with zero attached hydrogens (tertiary/aromatic N) is 5. The molecule has 0 amide bonds. The third-order valence-corrected chi connectivity index (χ3v) is 7.01. The number of benzene rings is 1. The van der Waals surface area contributed by atoms with Crippen LogP contribution in [0.5, 0.6) is 11.5 Å². The lowest BCUT2D eigenvalue weighted by atomic mass is 10.1. The van der Waals surface area contributed by atoms with Crippen molar-refractivity contribution >= 4 is 33.1 Å². The summed E-state index contributed by atoms with van der Waals surface area (Å²) >= 11 is 1.68. The van der Waals surface area contributed by atoms with E-state index in [1.807, 2.05) is 43.5 Å². The second-order valence-electron chi connectivity index (χ2n) is 8.51. The van der Waals surface area contributed by atoms with Crippen molar-refractivity contribution in [3.05, 3.63) is 53.3 Å². The predicted molar refractivity (Wildman–Crippen MR) is 132 cm³/mol. The van der Waals surface area contributed by atoms with Gasteiger partial charge in [-0.15, -0.1) is 11.3 Å². The lowest BCUT2D eigenvalue weighted by Gasteiger charge is -2.25. The zero-order valence-corrected chi connectivity index (χ0v) is 20.0. The molecule has 8 nitrogen and oxygen atoms in total. The first-order chi connectivity index (χ1) is 16.7. The van der Waals surface area contributed by atoms with Crippen molar-refractivity contribution in [2.45, 2.75) is 32.8 Å². The van der Waals surface area contributed by atoms with E-state index in [0.717, 1.165) is 40.6 Å². The summed E-state index contributed by atoms with van der Waals surface area (Å²) in [5.41, 5.74) is 4.00. The Morgan fingerprint density at radius 1 is 1.09 bits per heavy atom. The summed E-state index contributed by atoms with van der Waals surface area (Å²) in [6.45, 7) is 4.50. The fourth-order valence-electron chi connectivity index (χ4n) is 4.29. The lowest BCUT2D eigenvalue weighted by Crippen LogP contribution is -2.29. The topological polar surface area (TPSA) is 77.9 Å². The van der Waals surface area contributed by atoms with Crippen molar-refractivity contribution in [3.63, 3.8) is 0 Å². The molecule has 174 valence electrons. The molecule has 1 aromatic carbocycles. The molecule has 0 spiro atoms. The van der Waals surface area contributed by atoms with Crippen LogP contribution in [0.25, 0.3) is 28.1 Å². The molecule has 1 aliphatic heterocycles. The summed E-state index contributed by atoms with van der Waals surface area (Å²) in [6, 6.07) is 9.59. The first kappa shape index (κ1) is 21.0. The Bertz CT molecular complexity index is 1460. The Morgan fingerprint density at radius 3 is 2.82 bits per heavy atom. The maximum atomic E-state index is 6.22. The minimum Gasteiger partial charge on any atom is -0.496 e. The van der Waals surface area contributed by atoms with Crippen LogP contribution >= 0.6 is 11.3 Å². The molecular formula is C25H25N5O3S. The van der Waals surface area contributed by atoms with Gasteiger partial charge in [0.15, 0.2) is 16.5 Å². The maximum absolute atomic E-state index is 6.22. The molecule has 0 atom stereocenters. The van der Waals surface area contributed by atoms with Gasteiger partial charge in [-0.3, -0.25) is 0 Å². The molecule has 1 saturated heterocycles. The number of fused-ring (bicyclic) bond motifs is 2. The second kappa shape index (κ2) is 8.64. The minimum absolute atomic E-state index is 0.380. The molecule has 1 fully saturated rings. The van der Waals surface area contributed by atoms with Crippen molar-refractivity contribution < 1.29 is 13.9 Å². The average molecular weight is 476 g/mol. The molecule has 0 saturated carbocycles. The standard InChI is InChI=1S/C25H25N5O3S/c1-16-6-7-24-27-20(13-30(24)28-16)23-12-19-21(10-18(31-2)11-22(19)33-23)32-14-17-15-34-25(26-17)29-8-4-3-5-9-29/h6-7,10-13,15H,3-5,8-9,14H2,1-2H3. The summed E-state index contributed by atoms with van der Waals surface area (Å²) in [6.07, 6.45) is 5.65. The molecule has 0 bridgehead atoms. The zero-order chi connectivity index (χ0) is 23.1.